The van der Waals surface area contributed by atoms with Gasteiger partial charge in [-0.3, -0.25) is 5.43 Å². The van der Waals surface area contributed by atoms with Gasteiger partial charge in [0, 0.05) is 6.54 Å². The van der Waals surface area contributed by atoms with E-state index >= 15 is 0 Å². The van der Waals surface area contributed by atoms with Crippen LogP contribution in [0.15, 0.2) is 24.4 Å². The van der Waals surface area contributed by atoms with Crippen LogP contribution in [-0.2, 0) is 6.42 Å². The van der Waals surface area contributed by atoms with Crippen LogP contribution in [0.25, 0.3) is 0 Å². The molecule has 20 heavy (non-hydrogen) atoms. The number of aromatic nitrogens is 2. The highest BCUT2D eigenvalue weighted by molar-refractivity contribution is 5.40. The van der Waals surface area contributed by atoms with Gasteiger partial charge in [-0.05, 0) is 36.6 Å². The normalized spacial score (nSPS) is 10.4. The highest BCUT2D eigenvalue weighted by Gasteiger charge is 2.06. The van der Waals surface area contributed by atoms with Gasteiger partial charge in [0.1, 0.15) is 5.82 Å². The van der Waals surface area contributed by atoms with E-state index in [0.29, 0.717) is 13.0 Å². The summed E-state index contributed by atoms with van der Waals surface area (Å²) >= 11 is 0. The van der Waals surface area contributed by atoms with Crippen LogP contribution >= 0.6 is 0 Å². The van der Waals surface area contributed by atoms with E-state index in [1.165, 1.54) is 12.1 Å². The van der Waals surface area contributed by atoms with Crippen molar-refractivity contribution >= 4 is 11.8 Å². The Bertz CT molecular complexity index is 603. The molecule has 106 valence electrons. The highest BCUT2D eigenvalue weighted by atomic mass is 19.1. The summed E-state index contributed by atoms with van der Waals surface area (Å²) < 4.78 is 26.4. The lowest BCUT2D eigenvalue weighted by atomic mass is 10.1. The van der Waals surface area contributed by atoms with Crippen molar-refractivity contribution < 1.29 is 8.78 Å². The van der Waals surface area contributed by atoms with Gasteiger partial charge >= 0.3 is 0 Å². The quantitative estimate of drug-likeness (QED) is 0.576. The smallest absolute Gasteiger partial charge is 0.239 e. The lowest BCUT2D eigenvalue weighted by Crippen LogP contribution is -2.14. The zero-order chi connectivity index (χ0) is 14.5. The molecule has 4 N–H and O–H groups in total. The average Bonchev–Trinajstić information content (AvgIpc) is 2.43. The van der Waals surface area contributed by atoms with E-state index in [1.807, 2.05) is 6.92 Å². The highest BCUT2D eigenvalue weighted by Crippen LogP contribution is 2.13. The van der Waals surface area contributed by atoms with Gasteiger partial charge in [-0.25, -0.2) is 19.6 Å². The Morgan fingerprint density at radius 1 is 1.30 bits per heavy atom. The molecule has 0 saturated carbocycles. The number of nitrogens with zero attached hydrogens (tertiary/aromatic N) is 2. The van der Waals surface area contributed by atoms with E-state index in [2.05, 4.69) is 20.7 Å². The first-order chi connectivity index (χ1) is 9.60. The number of anilines is 2. The van der Waals surface area contributed by atoms with Crippen molar-refractivity contribution in [2.45, 2.75) is 13.3 Å². The Labute approximate surface area is 115 Å². The predicted molar refractivity (Wildman–Crippen MR) is 73.1 cm³/mol. The molecule has 5 nitrogen and oxygen atoms in total. The van der Waals surface area contributed by atoms with Gasteiger partial charge < -0.3 is 5.32 Å². The molecule has 0 atom stereocenters. The van der Waals surface area contributed by atoms with Crippen LogP contribution in [0.2, 0.25) is 0 Å². The van der Waals surface area contributed by atoms with Gasteiger partial charge in [-0.2, -0.15) is 4.98 Å². The molecular formula is C13H15F2N5. The molecule has 2 aromatic rings. The number of rotatable bonds is 5. The number of benzene rings is 1. The van der Waals surface area contributed by atoms with E-state index < -0.39 is 5.82 Å². The van der Waals surface area contributed by atoms with Gasteiger partial charge in [-0.1, -0.05) is 6.07 Å². The zero-order valence-electron chi connectivity index (χ0n) is 11.0. The lowest BCUT2D eigenvalue weighted by Gasteiger charge is -2.09. The number of nitrogen functional groups attached to an aromatic ring is 1. The van der Waals surface area contributed by atoms with Crippen LogP contribution in [0, 0.1) is 18.6 Å². The lowest BCUT2D eigenvalue weighted by molar-refractivity contribution is 0.617. The topological polar surface area (TPSA) is 75.9 Å². The monoisotopic (exact) mass is 279 g/mol. The molecule has 0 amide bonds. The molecule has 1 aromatic carbocycles. The van der Waals surface area contributed by atoms with Gasteiger partial charge in [0.25, 0.3) is 0 Å². The molecule has 0 spiro atoms. The molecular weight excluding hydrogens is 264 g/mol. The Hall–Kier alpha value is -2.28. The van der Waals surface area contributed by atoms with Gasteiger partial charge in [0.2, 0.25) is 5.95 Å². The number of hydrogen-bond acceptors (Lipinski definition) is 5. The summed E-state index contributed by atoms with van der Waals surface area (Å²) in [5, 5.41) is 2.86. The molecule has 0 unspecified atom stereocenters. The molecule has 0 aliphatic rings. The number of aryl methyl sites for hydroxylation is 1. The van der Waals surface area contributed by atoms with Crippen molar-refractivity contribution in [2.75, 3.05) is 17.3 Å². The van der Waals surface area contributed by atoms with Gasteiger partial charge in [0.05, 0.1) is 6.20 Å². The van der Waals surface area contributed by atoms with Crippen molar-refractivity contribution in [3.63, 3.8) is 0 Å². The molecule has 0 saturated heterocycles. The third kappa shape index (κ3) is 3.39. The largest absolute Gasteiger partial charge is 0.367 e. The minimum Gasteiger partial charge on any atom is -0.367 e. The number of nitrogens with one attached hydrogen (secondary N) is 2. The van der Waals surface area contributed by atoms with E-state index in [0.717, 1.165) is 17.3 Å². The Balaban J connectivity index is 1.99. The Kier molecular flexibility index (Phi) is 4.41. The molecule has 0 fully saturated rings. The third-order valence-corrected chi connectivity index (χ3v) is 2.86. The third-order valence-electron chi connectivity index (χ3n) is 2.86. The fourth-order valence-electron chi connectivity index (χ4n) is 1.82. The van der Waals surface area contributed by atoms with Crippen molar-refractivity contribution in [3.8, 4) is 0 Å². The first kappa shape index (κ1) is 14.1. The van der Waals surface area contributed by atoms with Crippen LogP contribution in [0.1, 0.15) is 11.1 Å². The molecule has 2 rings (SSSR count). The number of hydrazine groups is 1. The maximum absolute atomic E-state index is 13.5. The second kappa shape index (κ2) is 6.25. The van der Waals surface area contributed by atoms with E-state index in [4.69, 9.17) is 5.84 Å². The molecule has 7 heteroatoms. The van der Waals surface area contributed by atoms with Crippen molar-refractivity contribution in [3.05, 3.63) is 47.2 Å². The maximum Gasteiger partial charge on any atom is 0.239 e. The minimum atomic E-state index is -0.556. The van der Waals surface area contributed by atoms with E-state index in [1.54, 1.807) is 6.07 Å². The molecule has 1 heterocycles. The molecule has 0 aliphatic heterocycles. The van der Waals surface area contributed by atoms with Crippen LogP contribution in [0.4, 0.5) is 20.5 Å². The molecule has 0 aliphatic carbocycles. The van der Waals surface area contributed by atoms with E-state index in [9.17, 15) is 8.78 Å². The summed E-state index contributed by atoms with van der Waals surface area (Å²) in [5.74, 6) is 4.55. The van der Waals surface area contributed by atoms with Crippen molar-refractivity contribution in [1.29, 1.82) is 0 Å². The fourth-order valence-corrected chi connectivity index (χ4v) is 1.82. The summed E-state index contributed by atoms with van der Waals surface area (Å²) in [6.45, 7) is 2.30. The minimum absolute atomic E-state index is 0.0766. The number of nitrogens with two attached hydrogens (primary N) is 1. The number of hydrogen-bond donors (Lipinski definition) is 3. The summed E-state index contributed by atoms with van der Waals surface area (Å²) in [4.78, 5) is 7.51. The van der Waals surface area contributed by atoms with Crippen LogP contribution in [0.5, 0.6) is 0 Å². The van der Waals surface area contributed by atoms with Crippen LogP contribution < -0.4 is 16.6 Å². The maximum atomic E-state index is 13.5. The zero-order valence-corrected chi connectivity index (χ0v) is 11.0. The molecule has 0 radical (unpaired) electrons. The summed E-state index contributed by atoms with van der Waals surface area (Å²) in [6.07, 6.45) is 1.66. The Morgan fingerprint density at radius 2 is 2.10 bits per heavy atom. The van der Waals surface area contributed by atoms with Crippen LogP contribution in [0.3, 0.4) is 0 Å². The van der Waals surface area contributed by atoms with Gasteiger partial charge in [-0.15, -0.1) is 0 Å². The first-order valence-electron chi connectivity index (χ1n) is 6.08. The van der Waals surface area contributed by atoms with Gasteiger partial charge in [0.15, 0.2) is 11.6 Å². The molecule has 1 aromatic heterocycles. The van der Waals surface area contributed by atoms with E-state index in [-0.39, 0.29) is 17.6 Å². The summed E-state index contributed by atoms with van der Waals surface area (Å²) in [7, 11) is 0. The predicted octanol–water partition coefficient (Wildman–Crippen LogP) is 2.00. The SMILES string of the molecule is Cc1cc(F)ccc1CCNc1nc(NN)ncc1F. The molecule has 0 bridgehead atoms. The second-order valence-electron chi connectivity index (χ2n) is 4.28. The number of halogens is 2. The average molecular weight is 279 g/mol. The summed E-state index contributed by atoms with van der Waals surface area (Å²) in [5.41, 5.74) is 4.10. The van der Waals surface area contributed by atoms with Crippen LogP contribution in [-0.4, -0.2) is 16.5 Å². The standard InChI is InChI=1S/C13H15F2N5/c1-8-6-10(14)3-2-9(8)4-5-17-12-11(15)7-18-13(19-12)20-16/h2-3,6-7H,4-5,16H2,1H3,(H2,17,18,19,20). The fraction of sp³-hybridized carbons (Fsp3) is 0.231. The van der Waals surface area contributed by atoms with Crippen molar-refractivity contribution in [1.82, 2.24) is 9.97 Å². The summed E-state index contributed by atoms with van der Waals surface area (Å²) in [6, 6.07) is 4.59. The van der Waals surface area contributed by atoms with Crippen molar-refractivity contribution in [2.24, 2.45) is 5.84 Å². The second-order valence-corrected chi connectivity index (χ2v) is 4.28. The first-order valence-corrected chi connectivity index (χ1v) is 6.08. The Morgan fingerprint density at radius 3 is 2.80 bits per heavy atom.